The first-order chi connectivity index (χ1) is 12.0. The van der Waals surface area contributed by atoms with Crippen molar-refractivity contribution in [1.29, 1.82) is 0 Å². The van der Waals surface area contributed by atoms with Gasteiger partial charge in [0.1, 0.15) is 11.9 Å². The molecule has 2 rings (SSSR count). The first-order valence-corrected chi connectivity index (χ1v) is 9.79. The maximum absolute atomic E-state index is 12.1. The first-order valence-electron chi connectivity index (χ1n) is 8.57. The highest BCUT2D eigenvalue weighted by atomic mass is 35.5. The second-order valence-electron chi connectivity index (χ2n) is 6.39. The molecular weight excluding hydrogens is 370 g/mol. The lowest BCUT2D eigenvalue weighted by Gasteiger charge is -2.13. The van der Waals surface area contributed by atoms with E-state index in [1.54, 1.807) is 11.8 Å². The number of hydrogen-bond donors (Lipinski definition) is 2. The van der Waals surface area contributed by atoms with Gasteiger partial charge in [0.2, 0.25) is 5.91 Å². The number of nitrogens with two attached hydrogens (primary N) is 1. The highest BCUT2D eigenvalue weighted by Gasteiger charge is 2.15. The molecule has 0 radical (unpaired) electrons. The maximum Gasteiger partial charge on any atom is 0.241 e. The van der Waals surface area contributed by atoms with Gasteiger partial charge >= 0.3 is 0 Å². The fraction of sp³-hybridized carbons (Fsp3) is 0.500. The van der Waals surface area contributed by atoms with Crippen molar-refractivity contribution in [3.05, 3.63) is 41.7 Å². The van der Waals surface area contributed by atoms with E-state index in [-0.39, 0.29) is 18.3 Å². The number of hydrogen-bond acceptors (Lipinski definition) is 5. The molecule has 3 N–H and O–H groups in total. The van der Waals surface area contributed by atoms with Crippen LogP contribution in [0, 0.1) is 5.92 Å². The van der Waals surface area contributed by atoms with Gasteiger partial charge in [0, 0.05) is 19.5 Å². The number of carbonyl (C=O) groups is 1. The zero-order chi connectivity index (χ0) is 18.2. The summed E-state index contributed by atoms with van der Waals surface area (Å²) in [6.45, 7) is 5.84. The van der Waals surface area contributed by atoms with E-state index in [9.17, 15) is 4.79 Å². The van der Waals surface area contributed by atoms with Crippen molar-refractivity contribution < 1.29 is 4.79 Å². The molecule has 0 saturated heterocycles. The summed E-state index contributed by atoms with van der Waals surface area (Å²) in [5, 5.41) is 12.4. The van der Waals surface area contributed by atoms with Crippen LogP contribution in [0.15, 0.2) is 35.5 Å². The lowest BCUT2D eigenvalue weighted by Crippen LogP contribution is -2.34. The number of benzene rings is 1. The lowest BCUT2D eigenvalue weighted by molar-refractivity contribution is -0.122. The number of aromatic nitrogens is 3. The Morgan fingerprint density at radius 3 is 2.58 bits per heavy atom. The lowest BCUT2D eigenvalue weighted by atomic mass is 10.1. The van der Waals surface area contributed by atoms with Gasteiger partial charge in [0.15, 0.2) is 5.16 Å². The third-order valence-corrected chi connectivity index (χ3v) is 4.51. The number of aryl methyl sites for hydroxylation is 1. The number of rotatable bonds is 9. The summed E-state index contributed by atoms with van der Waals surface area (Å²) in [4.78, 5) is 12.1. The van der Waals surface area contributed by atoms with E-state index in [1.807, 2.05) is 36.6 Å². The van der Waals surface area contributed by atoms with Gasteiger partial charge < -0.3 is 15.6 Å². The predicted molar refractivity (Wildman–Crippen MR) is 109 cm³/mol. The first kappa shape index (κ1) is 22.5. The molecule has 0 aliphatic rings. The van der Waals surface area contributed by atoms with E-state index < -0.39 is 6.04 Å². The molecule has 1 aromatic heterocycles. The largest absolute Gasteiger partial charge is 0.354 e. The Morgan fingerprint density at radius 1 is 1.27 bits per heavy atom. The van der Waals surface area contributed by atoms with Gasteiger partial charge in [-0.2, -0.15) is 0 Å². The van der Waals surface area contributed by atoms with Crippen molar-refractivity contribution in [3.63, 3.8) is 0 Å². The van der Waals surface area contributed by atoms with Gasteiger partial charge in [-0.25, -0.2) is 0 Å². The summed E-state index contributed by atoms with van der Waals surface area (Å²) in [7, 11) is 0. The number of nitrogens with one attached hydrogen (secondary N) is 1. The van der Waals surface area contributed by atoms with E-state index >= 15 is 0 Å². The van der Waals surface area contributed by atoms with Crippen LogP contribution in [0.2, 0.25) is 0 Å². The normalized spacial score (nSPS) is 11.9. The quantitative estimate of drug-likeness (QED) is 0.502. The zero-order valence-corrected chi connectivity index (χ0v) is 17.1. The molecular formula is C18H28ClN5OS. The average molecular weight is 398 g/mol. The van der Waals surface area contributed by atoms with Crippen molar-refractivity contribution >= 4 is 30.1 Å². The molecule has 0 saturated carbocycles. The molecule has 1 atom stereocenters. The molecule has 0 bridgehead atoms. The second kappa shape index (κ2) is 11.2. The maximum atomic E-state index is 12.1. The van der Waals surface area contributed by atoms with Gasteiger partial charge in [0.05, 0.1) is 0 Å². The van der Waals surface area contributed by atoms with Crippen molar-refractivity contribution in [1.82, 2.24) is 20.1 Å². The van der Waals surface area contributed by atoms with Crippen LogP contribution in [0.1, 0.15) is 37.7 Å². The number of halogens is 1. The summed E-state index contributed by atoms with van der Waals surface area (Å²) in [6.07, 6.45) is 3.59. The van der Waals surface area contributed by atoms with Crippen LogP contribution >= 0.6 is 24.2 Å². The highest BCUT2D eigenvalue weighted by molar-refractivity contribution is 7.98. The minimum atomic E-state index is -0.631. The SMILES string of the molecule is CSc1nnc(CCCNC(=O)C(N)c2ccccc2)n1CC(C)C.Cl. The number of amides is 1. The van der Waals surface area contributed by atoms with Crippen LogP contribution in [-0.4, -0.2) is 33.5 Å². The molecule has 144 valence electrons. The topological polar surface area (TPSA) is 85.8 Å². The molecule has 26 heavy (non-hydrogen) atoms. The Labute approximate surface area is 165 Å². The molecule has 0 aliphatic carbocycles. The minimum absolute atomic E-state index is 0. The molecule has 1 aromatic carbocycles. The highest BCUT2D eigenvalue weighted by Crippen LogP contribution is 2.16. The van der Waals surface area contributed by atoms with Crippen LogP contribution in [0.3, 0.4) is 0 Å². The molecule has 2 aromatic rings. The molecule has 6 nitrogen and oxygen atoms in total. The summed E-state index contributed by atoms with van der Waals surface area (Å²) in [5.41, 5.74) is 6.81. The summed E-state index contributed by atoms with van der Waals surface area (Å²) >= 11 is 1.61. The average Bonchev–Trinajstić information content (AvgIpc) is 2.99. The monoisotopic (exact) mass is 397 g/mol. The van der Waals surface area contributed by atoms with Crippen LogP contribution in [-0.2, 0) is 17.8 Å². The van der Waals surface area contributed by atoms with E-state index in [2.05, 4.69) is 33.9 Å². The molecule has 1 unspecified atom stereocenters. The van der Waals surface area contributed by atoms with Gasteiger partial charge in [-0.3, -0.25) is 4.79 Å². The van der Waals surface area contributed by atoms with E-state index in [4.69, 9.17) is 5.73 Å². The summed E-state index contributed by atoms with van der Waals surface area (Å²) in [5.74, 6) is 1.35. The number of thioether (sulfide) groups is 1. The third-order valence-electron chi connectivity index (χ3n) is 3.84. The fourth-order valence-electron chi connectivity index (χ4n) is 2.58. The molecule has 0 spiro atoms. The molecule has 0 fully saturated rings. The smallest absolute Gasteiger partial charge is 0.241 e. The van der Waals surface area contributed by atoms with Gasteiger partial charge in [-0.1, -0.05) is 55.9 Å². The molecule has 8 heteroatoms. The second-order valence-corrected chi connectivity index (χ2v) is 7.16. The fourth-order valence-corrected chi connectivity index (χ4v) is 3.11. The van der Waals surface area contributed by atoms with Crippen molar-refractivity contribution in [3.8, 4) is 0 Å². The van der Waals surface area contributed by atoms with Crippen LogP contribution in [0.25, 0.3) is 0 Å². The molecule has 1 heterocycles. The predicted octanol–water partition coefficient (Wildman–Crippen LogP) is 2.83. The van der Waals surface area contributed by atoms with Crippen molar-refractivity contribution in [2.45, 2.75) is 44.4 Å². The van der Waals surface area contributed by atoms with Gasteiger partial charge in [-0.15, -0.1) is 22.6 Å². The van der Waals surface area contributed by atoms with Crippen molar-refractivity contribution in [2.24, 2.45) is 11.7 Å². The van der Waals surface area contributed by atoms with Crippen molar-refractivity contribution in [2.75, 3.05) is 12.8 Å². The standard InChI is InChI=1S/C18H27N5OS.ClH/c1-13(2)12-23-15(21-22-18(23)25-3)10-7-11-20-17(24)16(19)14-8-5-4-6-9-14;/h4-6,8-9,13,16H,7,10-12,19H2,1-3H3,(H,20,24);1H. The number of nitrogens with zero attached hydrogens (tertiary/aromatic N) is 3. The van der Waals surface area contributed by atoms with E-state index in [0.717, 1.165) is 35.9 Å². The Morgan fingerprint density at radius 2 is 1.96 bits per heavy atom. The summed E-state index contributed by atoms with van der Waals surface area (Å²) < 4.78 is 2.17. The van der Waals surface area contributed by atoms with Crippen LogP contribution in [0.4, 0.5) is 0 Å². The molecule has 1 amide bonds. The van der Waals surface area contributed by atoms with Gasteiger partial charge in [-0.05, 0) is 24.2 Å². The van der Waals surface area contributed by atoms with Crippen LogP contribution < -0.4 is 11.1 Å². The Hall–Kier alpha value is -1.57. The third kappa shape index (κ3) is 6.30. The molecule has 0 aliphatic heterocycles. The van der Waals surface area contributed by atoms with E-state index in [0.29, 0.717) is 12.5 Å². The number of carbonyl (C=O) groups excluding carboxylic acids is 1. The van der Waals surface area contributed by atoms with Gasteiger partial charge in [0.25, 0.3) is 0 Å². The summed E-state index contributed by atoms with van der Waals surface area (Å²) in [6, 6.07) is 8.77. The van der Waals surface area contributed by atoms with Crippen LogP contribution in [0.5, 0.6) is 0 Å². The Balaban J connectivity index is 0.00000338. The minimum Gasteiger partial charge on any atom is -0.354 e. The zero-order valence-electron chi connectivity index (χ0n) is 15.5. The van der Waals surface area contributed by atoms with E-state index in [1.165, 1.54) is 0 Å². The Bertz CT molecular complexity index is 677. The Kier molecular flexibility index (Phi) is 9.69.